The van der Waals surface area contributed by atoms with Crippen LogP contribution in [0.3, 0.4) is 0 Å². The van der Waals surface area contributed by atoms with Crippen LogP contribution in [-0.2, 0) is 14.8 Å². The van der Waals surface area contributed by atoms with E-state index in [-0.39, 0.29) is 11.3 Å². The summed E-state index contributed by atoms with van der Waals surface area (Å²) in [7, 11) is -3.20. The largest absolute Gasteiger partial charge is 0.381 e. The van der Waals surface area contributed by atoms with Gasteiger partial charge in [0, 0.05) is 32.3 Å². The van der Waals surface area contributed by atoms with Crippen LogP contribution >= 0.6 is 0 Å². The smallest absolute Gasteiger partial charge is 0.214 e. The average Bonchev–Trinajstić information content (AvgIpc) is 2.39. The molecule has 1 N–H and O–H groups in total. The highest BCUT2D eigenvalue weighted by atomic mass is 32.2. The summed E-state index contributed by atoms with van der Waals surface area (Å²) in [6.07, 6.45) is 3.74. The summed E-state index contributed by atoms with van der Waals surface area (Å²) in [5, 5.41) is -0.279. The SMILES string of the molecule is C[C@H]1CCCN(C[C@H](C)NS(=O)(=O)C2CCOCC2)C1. The van der Waals surface area contributed by atoms with Gasteiger partial charge in [-0.1, -0.05) is 6.92 Å². The van der Waals surface area contributed by atoms with Crippen molar-refractivity contribution in [3.05, 3.63) is 0 Å². The number of hydrogen-bond donors (Lipinski definition) is 1. The number of hydrogen-bond acceptors (Lipinski definition) is 4. The Bertz CT molecular complexity index is 393. The first-order chi connectivity index (χ1) is 9.47. The van der Waals surface area contributed by atoms with Crippen molar-refractivity contribution in [1.82, 2.24) is 9.62 Å². The van der Waals surface area contributed by atoms with Crippen molar-refractivity contribution in [3.8, 4) is 0 Å². The van der Waals surface area contributed by atoms with Gasteiger partial charge < -0.3 is 9.64 Å². The molecule has 0 aliphatic carbocycles. The lowest BCUT2D eigenvalue weighted by Crippen LogP contribution is -2.48. The van der Waals surface area contributed by atoms with Gasteiger partial charge in [-0.2, -0.15) is 0 Å². The summed E-state index contributed by atoms with van der Waals surface area (Å²) >= 11 is 0. The fourth-order valence-electron chi connectivity index (χ4n) is 3.24. The Labute approximate surface area is 123 Å². The van der Waals surface area contributed by atoms with Gasteiger partial charge in [0.2, 0.25) is 10.0 Å². The topological polar surface area (TPSA) is 58.6 Å². The van der Waals surface area contributed by atoms with E-state index >= 15 is 0 Å². The normalized spacial score (nSPS) is 28.4. The summed E-state index contributed by atoms with van der Waals surface area (Å²) in [6, 6.07) is -0.0202. The van der Waals surface area contributed by atoms with E-state index in [1.54, 1.807) is 0 Å². The first kappa shape index (κ1) is 16.2. The second kappa shape index (κ2) is 7.20. The lowest BCUT2D eigenvalue weighted by atomic mass is 10.00. The van der Waals surface area contributed by atoms with Crippen LogP contribution in [0.25, 0.3) is 0 Å². The van der Waals surface area contributed by atoms with E-state index in [2.05, 4.69) is 16.5 Å². The number of sulfonamides is 1. The van der Waals surface area contributed by atoms with Crippen molar-refractivity contribution in [1.29, 1.82) is 0 Å². The number of rotatable bonds is 5. The molecular weight excluding hydrogens is 276 g/mol. The molecule has 0 aromatic carbocycles. The second-order valence-corrected chi connectivity index (χ2v) is 8.38. The molecule has 20 heavy (non-hydrogen) atoms. The van der Waals surface area contributed by atoms with Crippen LogP contribution in [0.5, 0.6) is 0 Å². The van der Waals surface area contributed by atoms with Gasteiger partial charge in [0.1, 0.15) is 0 Å². The van der Waals surface area contributed by atoms with Crippen LogP contribution in [0.15, 0.2) is 0 Å². The summed E-state index contributed by atoms with van der Waals surface area (Å²) < 4.78 is 32.7. The third-order valence-electron chi connectivity index (χ3n) is 4.25. The molecule has 0 bridgehead atoms. The first-order valence-electron chi connectivity index (χ1n) is 7.78. The zero-order chi connectivity index (χ0) is 14.6. The molecular formula is C14H28N2O3S. The van der Waals surface area contributed by atoms with Crippen molar-refractivity contribution < 1.29 is 13.2 Å². The van der Waals surface area contributed by atoms with Gasteiger partial charge in [0.15, 0.2) is 0 Å². The predicted molar refractivity (Wildman–Crippen MR) is 80.2 cm³/mol. The molecule has 6 heteroatoms. The molecule has 2 aliphatic rings. The quantitative estimate of drug-likeness (QED) is 0.829. The first-order valence-corrected chi connectivity index (χ1v) is 9.33. The van der Waals surface area contributed by atoms with Crippen molar-refractivity contribution in [2.45, 2.75) is 50.8 Å². The third-order valence-corrected chi connectivity index (χ3v) is 6.33. The molecule has 2 heterocycles. The maximum atomic E-state index is 12.3. The number of nitrogens with zero attached hydrogens (tertiary/aromatic N) is 1. The van der Waals surface area contributed by atoms with Crippen LogP contribution in [-0.4, -0.2) is 57.5 Å². The Kier molecular flexibility index (Phi) is 5.84. The molecule has 2 fully saturated rings. The highest BCUT2D eigenvalue weighted by Gasteiger charge is 2.29. The van der Waals surface area contributed by atoms with E-state index in [0.717, 1.165) is 25.6 Å². The molecule has 0 amide bonds. The molecule has 2 rings (SSSR count). The van der Waals surface area contributed by atoms with Crippen LogP contribution < -0.4 is 4.72 Å². The minimum absolute atomic E-state index is 0.0202. The lowest BCUT2D eigenvalue weighted by molar-refractivity contribution is 0.0980. The Balaban J connectivity index is 1.81. The summed E-state index contributed by atoms with van der Waals surface area (Å²) in [4.78, 5) is 2.38. The van der Waals surface area contributed by atoms with Crippen molar-refractivity contribution in [2.24, 2.45) is 5.92 Å². The highest BCUT2D eigenvalue weighted by molar-refractivity contribution is 7.90. The predicted octanol–water partition coefficient (Wildman–Crippen LogP) is 1.21. The second-order valence-electron chi connectivity index (χ2n) is 6.38. The summed E-state index contributed by atoms with van der Waals surface area (Å²) in [5.74, 6) is 0.725. The Hall–Kier alpha value is -0.170. The lowest BCUT2D eigenvalue weighted by Gasteiger charge is -2.33. The number of piperidine rings is 1. The molecule has 2 aliphatic heterocycles. The van der Waals surface area contributed by atoms with Gasteiger partial charge in [-0.3, -0.25) is 0 Å². The standard InChI is InChI=1S/C14H28N2O3S/c1-12-4-3-7-16(10-12)11-13(2)15-20(17,18)14-5-8-19-9-6-14/h12-15H,3-11H2,1-2H3/t12-,13-/m0/s1. The van der Waals surface area contributed by atoms with E-state index in [1.165, 1.54) is 12.8 Å². The Morgan fingerprint density at radius 3 is 2.65 bits per heavy atom. The van der Waals surface area contributed by atoms with Gasteiger partial charge in [-0.15, -0.1) is 0 Å². The van der Waals surface area contributed by atoms with E-state index in [0.29, 0.717) is 26.1 Å². The van der Waals surface area contributed by atoms with Crippen LogP contribution in [0.2, 0.25) is 0 Å². The van der Waals surface area contributed by atoms with Crippen molar-refractivity contribution >= 4 is 10.0 Å². The highest BCUT2D eigenvalue weighted by Crippen LogP contribution is 2.17. The zero-order valence-corrected chi connectivity index (χ0v) is 13.5. The van der Waals surface area contributed by atoms with E-state index in [4.69, 9.17) is 4.74 Å². The Morgan fingerprint density at radius 1 is 1.30 bits per heavy atom. The van der Waals surface area contributed by atoms with Gasteiger partial charge >= 0.3 is 0 Å². The van der Waals surface area contributed by atoms with Gasteiger partial charge in [0.25, 0.3) is 0 Å². The maximum Gasteiger partial charge on any atom is 0.214 e. The number of nitrogens with one attached hydrogen (secondary N) is 1. The number of ether oxygens (including phenoxy) is 1. The van der Waals surface area contributed by atoms with Crippen LogP contribution in [0.4, 0.5) is 0 Å². The molecule has 2 atom stereocenters. The molecule has 118 valence electrons. The maximum absolute atomic E-state index is 12.3. The molecule has 0 unspecified atom stereocenters. The van der Waals surface area contributed by atoms with E-state index < -0.39 is 10.0 Å². The molecule has 0 aromatic rings. The monoisotopic (exact) mass is 304 g/mol. The van der Waals surface area contributed by atoms with Gasteiger partial charge in [0.05, 0.1) is 5.25 Å². The Morgan fingerprint density at radius 2 is 2.00 bits per heavy atom. The van der Waals surface area contributed by atoms with E-state index in [9.17, 15) is 8.42 Å². The fraction of sp³-hybridized carbons (Fsp3) is 1.00. The molecule has 0 radical (unpaired) electrons. The molecule has 0 saturated carbocycles. The van der Waals surface area contributed by atoms with Crippen molar-refractivity contribution in [2.75, 3.05) is 32.8 Å². The average molecular weight is 304 g/mol. The molecule has 0 spiro atoms. The third kappa shape index (κ3) is 4.69. The van der Waals surface area contributed by atoms with Crippen LogP contribution in [0, 0.1) is 5.92 Å². The van der Waals surface area contributed by atoms with Crippen LogP contribution in [0.1, 0.15) is 39.5 Å². The minimum Gasteiger partial charge on any atom is -0.381 e. The zero-order valence-electron chi connectivity index (χ0n) is 12.7. The molecule has 2 saturated heterocycles. The number of likely N-dealkylation sites (tertiary alicyclic amines) is 1. The summed E-state index contributed by atoms with van der Waals surface area (Å²) in [6.45, 7) is 8.34. The molecule has 5 nitrogen and oxygen atoms in total. The van der Waals surface area contributed by atoms with Gasteiger partial charge in [-0.05, 0) is 45.1 Å². The van der Waals surface area contributed by atoms with Gasteiger partial charge in [-0.25, -0.2) is 13.1 Å². The van der Waals surface area contributed by atoms with E-state index in [1.807, 2.05) is 6.92 Å². The van der Waals surface area contributed by atoms with Crippen molar-refractivity contribution in [3.63, 3.8) is 0 Å². The fourth-order valence-corrected chi connectivity index (χ4v) is 4.88. The minimum atomic E-state index is -3.20. The summed E-state index contributed by atoms with van der Waals surface area (Å²) in [5.41, 5.74) is 0. The molecule has 0 aromatic heterocycles.